The number of hydrogen-bond acceptors (Lipinski definition) is 1. The van der Waals surface area contributed by atoms with Crippen LogP contribution in [0.3, 0.4) is 0 Å². The summed E-state index contributed by atoms with van der Waals surface area (Å²) in [5, 5.41) is 3.70. The minimum absolute atomic E-state index is 0.884. The van der Waals surface area contributed by atoms with Crippen molar-refractivity contribution in [1.82, 2.24) is 0 Å². The molecule has 23 heavy (non-hydrogen) atoms. The van der Waals surface area contributed by atoms with Crippen molar-refractivity contribution in [3.8, 4) is 0 Å². The van der Waals surface area contributed by atoms with Crippen molar-refractivity contribution in [1.29, 1.82) is 0 Å². The second-order valence-corrected chi connectivity index (χ2v) is 11.2. The Labute approximate surface area is 146 Å². The molecule has 0 aliphatic heterocycles. The topological polar surface area (TPSA) is 9.23 Å². The summed E-state index contributed by atoms with van der Waals surface area (Å²) in [6, 6.07) is 31.8. The van der Waals surface area contributed by atoms with Gasteiger partial charge < -0.3 is 0 Å². The van der Waals surface area contributed by atoms with Gasteiger partial charge in [-0.15, -0.1) is 0 Å². The molecule has 0 heterocycles. The van der Waals surface area contributed by atoms with E-state index in [2.05, 4.69) is 114 Å². The van der Waals surface area contributed by atoms with Gasteiger partial charge in [-0.25, -0.2) is 0 Å². The summed E-state index contributed by atoms with van der Waals surface area (Å²) < 4.78 is 6.38. The summed E-state index contributed by atoms with van der Waals surface area (Å²) >= 11 is 3.46. The third kappa shape index (κ3) is 2.37. The van der Waals surface area contributed by atoms with Crippen molar-refractivity contribution in [2.75, 3.05) is 6.16 Å². The van der Waals surface area contributed by atoms with E-state index in [9.17, 15) is 0 Å². The average molecular weight is 387 g/mol. The molecule has 0 aliphatic carbocycles. The summed E-state index contributed by atoms with van der Waals surface area (Å²) in [6.07, 6.45) is 0.884. The van der Waals surface area contributed by atoms with Crippen LogP contribution >= 0.6 is 23.1 Å². The molecule has 0 bridgehead atoms. The van der Waals surface area contributed by atoms with Gasteiger partial charge in [0.25, 0.3) is 0 Å². The van der Waals surface area contributed by atoms with E-state index >= 15 is 0 Å². The Morgan fingerprint density at radius 2 is 0.957 bits per heavy atom. The molecule has 0 amide bonds. The van der Waals surface area contributed by atoms with Crippen LogP contribution in [0, 0.1) is 0 Å². The van der Waals surface area contributed by atoms with Gasteiger partial charge in [-0.2, -0.15) is 0 Å². The summed E-state index contributed by atoms with van der Waals surface area (Å²) in [5.41, 5.74) is 0. The Morgan fingerprint density at radius 1 is 0.652 bits per heavy atom. The van der Waals surface area contributed by atoms with Crippen LogP contribution in [0.15, 0.2) is 91.0 Å². The van der Waals surface area contributed by atoms with E-state index in [-0.39, 0.29) is 0 Å². The molecule has 1 nitrogen and oxygen atoms in total. The van der Waals surface area contributed by atoms with Crippen LogP contribution < -0.4 is 15.9 Å². The van der Waals surface area contributed by atoms with E-state index in [1.165, 1.54) is 15.9 Å². The predicted octanol–water partition coefficient (Wildman–Crippen LogP) is 4.78. The molecule has 0 saturated carbocycles. The van der Waals surface area contributed by atoms with Gasteiger partial charge in [-0.05, 0) is 0 Å². The van der Waals surface area contributed by atoms with Crippen molar-refractivity contribution >= 4 is 39.0 Å². The van der Waals surface area contributed by atoms with Crippen LogP contribution in [-0.2, 0) is 3.62 Å². The maximum absolute atomic E-state index is 6.38. The zero-order valence-corrected chi connectivity index (χ0v) is 15.6. The summed E-state index contributed by atoms with van der Waals surface area (Å²) in [4.78, 5) is 0. The molecule has 0 aliphatic rings. The molecule has 0 atom stereocenters. The number of benzene rings is 3. The molecule has 0 saturated heterocycles. The Morgan fingerprint density at radius 3 is 1.17 bits per heavy atom. The second-order valence-electron chi connectivity index (χ2n) is 5.60. The quantitative estimate of drug-likeness (QED) is 0.573. The van der Waals surface area contributed by atoms with Gasteiger partial charge in [0, 0.05) is 0 Å². The van der Waals surface area contributed by atoms with E-state index in [1.54, 1.807) is 0 Å². The maximum atomic E-state index is 6.38. The van der Waals surface area contributed by atoms with Gasteiger partial charge in [0.05, 0.1) is 0 Å². The van der Waals surface area contributed by atoms with Crippen LogP contribution in [0.4, 0.5) is 0 Å². The number of rotatable bonds is 5. The van der Waals surface area contributed by atoms with E-state index in [0.29, 0.717) is 0 Å². The molecule has 3 heteroatoms. The summed E-state index contributed by atoms with van der Waals surface area (Å²) in [7, 11) is 0. The Balaban J connectivity index is 2.46. The zero-order chi connectivity index (χ0) is 16.2. The fourth-order valence-corrected chi connectivity index (χ4v) is 10.2. The van der Waals surface area contributed by atoms with Gasteiger partial charge in [-0.3, -0.25) is 0 Å². The molecule has 0 fully saturated rings. The first-order valence-electron chi connectivity index (χ1n) is 7.76. The second kappa shape index (κ2) is 6.57. The van der Waals surface area contributed by atoms with Crippen molar-refractivity contribution in [2.24, 2.45) is 0 Å². The van der Waals surface area contributed by atoms with E-state index in [4.69, 9.17) is 3.62 Å². The molecule has 3 aromatic rings. The van der Waals surface area contributed by atoms with Crippen molar-refractivity contribution in [3.05, 3.63) is 91.0 Å². The molecule has 0 spiro atoms. The van der Waals surface area contributed by atoms with E-state index in [0.717, 1.165) is 6.16 Å². The van der Waals surface area contributed by atoms with Crippen LogP contribution in [0.5, 0.6) is 0 Å². The monoisotopic (exact) mass is 386 g/mol. The fraction of sp³-hybridized carbons (Fsp3) is 0.100. The van der Waals surface area contributed by atoms with Crippen LogP contribution in [0.25, 0.3) is 0 Å². The van der Waals surface area contributed by atoms with Gasteiger partial charge in [0.1, 0.15) is 0 Å². The molecule has 0 unspecified atom stereocenters. The van der Waals surface area contributed by atoms with Gasteiger partial charge in [0.2, 0.25) is 0 Å². The molecule has 0 N–H and O–H groups in total. The van der Waals surface area contributed by atoms with Crippen molar-refractivity contribution in [2.45, 2.75) is 6.92 Å². The Hall–Kier alpha value is -1.47. The first-order chi connectivity index (χ1) is 11.3. The Bertz CT molecular complexity index is 652. The molecule has 0 radical (unpaired) electrons. The molecule has 3 aromatic carbocycles. The van der Waals surface area contributed by atoms with Gasteiger partial charge in [-0.1, -0.05) is 0 Å². The third-order valence-corrected chi connectivity index (χ3v) is 12.3. The molecule has 118 valence electrons. The molecule has 0 aromatic heterocycles. The normalized spacial score (nSPS) is 13.2. The standard InChI is InChI=1S/C20H20BrOP/c1-2-23(22-21,18-12-6-3-7-13-18,19-14-8-4-9-15-19)20-16-10-5-11-17-20/h3-17H,2H2,1H3. The van der Waals surface area contributed by atoms with Gasteiger partial charge in [0.15, 0.2) is 0 Å². The molecular weight excluding hydrogens is 367 g/mol. The Kier molecular flexibility index (Phi) is 4.68. The van der Waals surface area contributed by atoms with Crippen LogP contribution in [0.2, 0.25) is 0 Å². The first kappa shape index (κ1) is 16.4. The molecule has 3 rings (SSSR count). The third-order valence-electron chi connectivity index (χ3n) is 4.66. The fourth-order valence-electron chi connectivity index (χ4n) is 3.39. The first-order valence-corrected chi connectivity index (χ1v) is 10.7. The molecular formula is C20H20BrOP. The number of halogens is 1. The van der Waals surface area contributed by atoms with Crippen LogP contribution in [0.1, 0.15) is 6.92 Å². The van der Waals surface area contributed by atoms with Crippen molar-refractivity contribution < 1.29 is 3.62 Å². The van der Waals surface area contributed by atoms with E-state index in [1.807, 2.05) is 0 Å². The SMILES string of the molecule is CCP(OBr)(c1ccccc1)(c1ccccc1)c1ccccc1. The zero-order valence-electron chi connectivity index (χ0n) is 13.1. The van der Waals surface area contributed by atoms with Crippen molar-refractivity contribution in [3.63, 3.8) is 0 Å². The average Bonchev–Trinajstić information content (AvgIpc) is 2.67. The van der Waals surface area contributed by atoms with Gasteiger partial charge >= 0.3 is 147 Å². The summed E-state index contributed by atoms with van der Waals surface area (Å²) in [5.74, 6) is 0. The van der Waals surface area contributed by atoms with Crippen LogP contribution in [-0.4, -0.2) is 6.16 Å². The number of hydrogen-bond donors (Lipinski definition) is 0. The predicted molar refractivity (Wildman–Crippen MR) is 106 cm³/mol. The van der Waals surface area contributed by atoms with E-state index < -0.39 is 6.83 Å². The summed E-state index contributed by atoms with van der Waals surface area (Å²) in [6.45, 7) is -0.795. The minimum atomic E-state index is -3.01.